The van der Waals surface area contributed by atoms with Crippen molar-refractivity contribution in [3.05, 3.63) is 53.9 Å². The van der Waals surface area contributed by atoms with Gasteiger partial charge >= 0.3 is 0 Å². The molecule has 6 heteroatoms. The van der Waals surface area contributed by atoms with Gasteiger partial charge in [0.25, 0.3) is 0 Å². The first kappa shape index (κ1) is 14.6. The Labute approximate surface area is 123 Å². The van der Waals surface area contributed by atoms with Gasteiger partial charge in [-0.3, -0.25) is 4.98 Å². The van der Waals surface area contributed by atoms with Crippen LogP contribution < -0.4 is 15.4 Å². The minimum absolute atomic E-state index is 0.000595. The summed E-state index contributed by atoms with van der Waals surface area (Å²) < 4.78 is 5.14. The molecule has 0 spiro atoms. The third-order valence-electron chi connectivity index (χ3n) is 3.14. The molecule has 0 aliphatic heterocycles. The van der Waals surface area contributed by atoms with Crippen molar-refractivity contribution < 1.29 is 9.94 Å². The molecule has 2 aromatic rings. The number of hydrogen-bond acceptors (Lipinski definition) is 5. The van der Waals surface area contributed by atoms with Crippen LogP contribution in [0.1, 0.15) is 11.3 Å². The summed E-state index contributed by atoms with van der Waals surface area (Å²) in [6.45, 7) is 0.745. The van der Waals surface area contributed by atoms with Crippen molar-refractivity contribution in [2.75, 3.05) is 19.1 Å². The third kappa shape index (κ3) is 3.62. The van der Waals surface area contributed by atoms with Gasteiger partial charge in [0, 0.05) is 13.6 Å². The topological polar surface area (TPSA) is 84.0 Å². The number of nitrogens with two attached hydrogens (primary N) is 1. The highest BCUT2D eigenvalue weighted by Gasteiger charge is 2.05. The summed E-state index contributed by atoms with van der Waals surface area (Å²) in [7, 11) is 3.63. The van der Waals surface area contributed by atoms with E-state index < -0.39 is 0 Å². The molecule has 3 N–H and O–H groups in total. The number of benzene rings is 1. The summed E-state index contributed by atoms with van der Waals surface area (Å²) in [4.78, 5) is 6.22. The zero-order valence-electron chi connectivity index (χ0n) is 12.0. The first-order valence-corrected chi connectivity index (χ1v) is 6.42. The van der Waals surface area contributed by atoms with Crippen molar-refractivity contribution >= 4 is 11.5 Å². The normalized spacial score (nSPS) is 11.2. The molecule has 110 valence electrons. The smallest absolute Gasteiger partial charge is 0.188 e. The lowest BCUT2D eigenvalue weighted by Gasteiger charge is -2.19. The van der Waals surface area contributed by atoms with Gasteiger partial charge < -0.3 is 20.6 Å². The summed E-state index contributed by atoms with van der Waals surface area (Å²) in [6, 6.07) is 11.5. The number of methoxy groups -OCH3 is 1. The molecule has 0 bridgehead atoms. The summed E-state index contributed by atoms with van der Waals surface area (Å²) in [5, 5.41) is 11.5. The Bertz CT molecular complexity index is 609. The first-order chi connectivity index (χ1) is 10.1. The van der Waals surface area contributed by atoms with Gasteiger partial charge in [-0.2, -0.15) is 0 Å². The maximum Gasteiger partial charge on any atom is 0.188 e. The van der Waals surface area contributed by atoms with Crippen LogP contribution in [-0.2, 0) is 6.54 Å². The van der Waals surface area contributed by atoms with Crippen LogP contribution in [-0.4, -0.2) is 30.2 Å². The molecular weight excluding hydrogens is 268 g/mol. The van der Waals surface area contributed by atoms with E-state index in [0.717, 1.165) is 18.0 Å². The number of hydrogen-bond donors (Lipinski definition) is 2. The summed E-state index contributed by atoms with van der Waals surface area (Å²) in [5.74, 6) is 0.838. The number of rotatable bonds is 5. The molecule has 0 fully saturated rings. The van der Waals surface area contributed by atoms with E-state index in [-0.39, 0.29) is 5.84 Å². The quantitative estimate of drug-likeness (QED) is 0.379. The molecule has 1 aromatic heterocycles. The van der Waals surface area contributed by atoms with Crippen LogP contribution >= 0.6 is 0 Å². The average Bonchev–Trinajstić information content (AvgIpc) is 2.55. The second-order valence-corrected chi connectivity index (χ2v) is 4.59. The fourth-order valence-electron chi connectivity index (χ4n) is 1.91. The maximum absolute atomic E-state index is 8.61. The molecule has 1 aromatic carbocycles. The van der Waals surface area contributed by atoms with E-state index in [4.69, 9.17) is 15.7 Å². The molecule has 0 amide bonds. The Morgan fingerprint density at radius 3 is 2.52 bits per heavy atom. The van der Waals surface area contributed by atoms with E-state index in [0.29, 0.717) is 5.69 Å². The molecule has 0 saturated carbocycles. The van der Waals surface area contributed by atoms with Crippen LogP contribution in [0.25, 0.3) is 0 Å². The second-order valence-electron chi connectivity index (χ2n) is 4.59. The number of aromatic nitrogens is 1. The Balaban J connectivity index is 2.07. The number of nitrogens with zero attached hydrogens (tertiary/aromatic N) is 3. The van der Waals surface area contributed by atoms with Gasteiger partial charge in [-0.1, -0.05) is 17.3 Å². The van der Waals surface area contributed by atoms with Crippen molar-refractivity contribution in [3.63, 3.8) is 0 Å². The predicted octanol–water partition coefficient (Wildman–Crippen LogP) is 1.82. The minimum atomic E-state index is -0.000595. The Hall–Kier alpha value is -2.76. The number of anilines is 1. The van der Waals surface area contributed by atoms with Crippen LogP contribution in [0.2, 0.25) is 0 Å². The van der Waals surface area contributed by atoms with Crippen LogP contribution in [0, 0.1) is 0 Å². The molecule has 2 rings (SSSR count). The zero-order valence-corrected chi connectivity index (χ0v) is 12.0. The summed E-state index contributed by atoms with van der Waals surface area (Å²) in [5.41, 5.74) is 8.04. The van der Waals surface area contributed by atoms with Crippen molar-refractivity contribution in [1.29, 1.82) is 0 Å². The van der Waals surface area contributed by atoms with Gasteiger partial charge in [0.15, 0.2) is 5.84 Å². The molecule has 0 radical (unpaired) electrons. The highest BCUT2D eigenvalue weighted by molar-refractivity contribution is 5.95. The molecule has 0 unspecified atom stereocenters. The van der Waals surface area contributed by atoms with Gasteiger partial charge in [-0.05, 0) is 29.8 Å². The van der Waals surface area contributed by atoms with E-state index in [1.165, 1.54) is 5.56 Å². The molecule has 0 saturated heterocycles. The molecular formula is C15H18N4O2. The average molecular weight is 286 g/mol. The first-order valence-electron chi connectivity index (χ1n) is 6.42. The Kier molecular flexibility index (Phi) is 4.61. The van der Waals surface area contributed by atoms with Crippen molar-refractivity contribution in [1.82, 2.24) is 4.98 Å². The molecule has 1 heterocycles. The van der Waals surface area contributed by atoms with Gasteiger partial charge in [0.1, 0.15) is 11.4 Å². The molecule has 0 aliphatic rings. The molecule has 6 nitrogen and oxygen atoms in total. The van der Waals surface area contributed by atoms with Gasteiger partial charge in [0.05, 0.1) is 19.0 Å². The fourth-order valence-corrected chi connectivity index (χ4v) is 1.91. The standard InChI is InChI=1S/C15H18N4O2/c1-19(10-11-3-6-13(21-2)7-4-11)12-5-8-14(17-9-12)15(16)18-20/h3-9,20H,10H2,1-2H3,(H2,16,18). The number of oxime groups is 1. The SMILES string of the molecule is COc1ccc(CN(C)c2ccc(/C(N)=N/O)nc2)cc1. The van der Waals surface area contributed by atoms with E-state index in [9.17, 15) is 0 Å². The van der Waals surface area contributed by atoms with Gasteiger partial charge in [0.2, 0.25) is 0 Å². The lowest BCUT2D eigenvalue weighted by Crippen LogP contribution is -2.18. The van der Waals surface area contributed by atoms with Crippen molar-refractivity contribution in [2.45, 2.75) is 6.54 Å². The predicted molar refractivity (Wildman–Crippen MR) is 81.8 cm³/mol. The second kappa shape index (κ2) is 6.60. The number of amidine groups is 1. The lowest BCUT2D eigenvalue weighted by atomic mass is 10.2. The zero-order chi connectivity index (χ0) is 15.2. The molecule has 21 heavy (non-hydrogen) atoms. The van der Waals surface area contributed by atoms with Crippen LogP contribution in [0.5, 0.6) is 5.75 Å². The van der Waals surface area contributed by atoms with Crippen molar-refractivity contribution in [2.24, 2.45) is 10.9 Å². The third-order valence-corrected chi connectivity index (χ3v) is 3.14. The number of ether oxygens (including phenoxy) is 1. The summed E-state index contributed by atoms with van der Waals surface area (Å²) >= 11 is 0. The van der Waals surface area contributed by atoms with Crippen LogP contribution in [0.4, 0.5) is 5.69 Å². The Morgan fingerprint density at radius 1 is 1.29 bits per heavy atom. The minimum Gasteiger partial charge on any atom is -0.497 e. The van der Waals surface area contributed by atoms with Gasteiger partial charge in [-0.25, -0.2) is 0 Å². The highest BCUT2D eigenvalue weighted by Crippen LogP contribution is 2.17. The Morgan fingerprint density at radius 2 is 2.00 bits per heavy atom. The van der Waals surface area contributed by atoms with Gasteiger partial charge in [-0.15, -0.1) is 0 Å². The van der Waals surface area contributed by atoms with Crippen molar-refractivity contribution in [3.8, 4) is 5.75 Å². The largest absolute Gasteiger partial charge is 0.497 e. The number of pyridine rings is 1. The van der Waals surface area contributed by atoms with E-state index >= 15 is 0 Å². The fraction of sp³-hybridized carbons (Fsp3) is 0.200. The highest BCUT2D eigenvalue weighted by atomic mass is 16.5. The van der Waals surface area contributed by atoms with Crippen LogP contribution in [0.3, 0.4) is 0 Å². The summed E-state index contributed by atoms with van der Waals surface area (Å²) in [6.07, 6.45) is 1.69. The van der Waals surface area contributed by atoms with Crippen LogP contribution in [0.15, 0.2) is 47.8 Å². The lowest BCUT2D eigenvalue weighted by molar-refractivity contribution is 0.318. The van der Waals surface area contributed by atoms with E-state index in [2.05, 4.69) is 15.0 Å². The van der Waals surface area contributed by atoms with E-state index in [1.54, 1.807) is 19.4 Å². The molecule has 0 atom stereocenters. The maximum atomic E-state index is 8.61. The van der Waals surface area contributed by atoms with E-state index in [1.807, 2.05) is 37.4 Å². The monoisotopic (exact) mass is 286 g/mol. The molecule has 0 aliphatic carbocycles.